The second-order valence-corrected chi connectivity index (χ2v) is 7.19. The predicted molar refractivity (Wildman–Crippen MR) is 79.1 cm³/mol. The SMILES string of the molecule is COc1ccc(NS(=O)(=O)CCNC2CC2)cc1Br. The lowest BCUT2D eigenvalue weighted by molar-refractivity contribution is 0.412. The molecule has 0 saturated heterocycles. The molecule has 1 saturated carbocycles. The van der Waals surface area contributed by atoms with E-state index in [-0.39, 0.29) is 5.75 Å². The topological polar surface area (TPSA) is 67.4 Å². The summed E-state index contributed by atoms with van der Waals surface area (Å²) in [5.74, 6) is 0.742. The van der Waals surface area contributed by atoms with E-state index in [0.29, 0.717) is 28.5 Å². The van der Waals surface area contributed by atoms with Crippen LogP contribution in [0.1, 0.15) is 12.8 Å². The number of anilines is 1. The van der Waals surface area contributed by atoms with Crippen LogP contribution < -0.4 is 14.8 Å². The fourth-order valence-electron chi connectivity index (χ4n) is 1.65. The van der Waals surface area contributed by atoms with Crippen LogP contribution in [0.25, 0.3) is 0 Å². The standard InChI is InChI=1S/C12H17BrN2O3S/c1-18-12-5-4-10(8-11(12)13)15-19(16,17)7-6-14-9-2-3-9/h4-5,8-9,14-15H,2-3,6-7H2,1H3. The van der Waals surface area contributed by atoms with Crippen LogP contribution in [0.4, 0.5) is 5.69 Å². The molecule has 1 aromatic carbocycles. The van der Waals surface area contributed by atoms with Crippen molar-refractivity contribution in [3.05, 3.63) is 22.7 Å². The van der Waals surface area contributed by atoms with Gasteiger partial charge in [-0.25, -0.2) is 8.42 Å². The van der Waals surface area contributed by atoms with Gasteiger partial charge in [0.05, 0.1) is 17.3 Å². The Kier molecular flexibility index (Phi) is 4.70. The molecule has 0 radical (unpaired) electrons. The van der Waals surface area contributed by atoms with E-state index < -0.39 is 10.0 Å². The summed E-state index contributed by atoms with van der Waals surface area (Å²) in [6.07, 6.45) is 2.30. The first-order valence-corrected chi connectivity index (χ1v) is 8.52. The Morgan fingerprint density at radius 2 is 2.16 bits per heavy atom. The number of hydrogen-bond acceptors (Lipinski definition) is 4. The molecule has 2 rings (SSSR count). The van der Waals surface area contributed by atoms with Gasteiger partial charge in [-0.15, -0.1) is 0 Å². The van der Waals surface area contributed by atoms with Gasteiger partial charge in [-0.3, -0.25) is 4.72 Å². The van der Waals surface area contributed by atoms with Crippen molar-refractivity contribution < 1.29 is 13.2 Å². The first-order chi connectivity index (χ1) is 9.00. The van der Waals surface area contributed by atoms with E-state index in [1.165, 1.54) is 0 Å². The Labute approximate surface area is 121 Å². The molecule has 0 amide bonds. The summed E-state index contributed by atoms with van der Waals surface area (Å²) in [5.41, 5.74) is 0.527. The van der Waals surface area contributed by atoms with Crippen LogP contribution >= 0.6 is 15.9 Å². The average molecular weight is 349 g/mol. The lowest BCUT2D eigenvalue weighted by atomic mass is 10.3. The summed E-state index contributed by atoms with van der Waals surface area (Å²) >= 11 is 3.32. The Morgan fingerprint density at radius 1 is 1.42 bits per heavy atom. The number of ether oxygens (including phenoxy) is 1. The summed E-state index contributed by atoms with van der Waals surface area (Å²) < 4.78 is 32.1. The Morgan fingerprint density at radius 3 is 2.74 bits per heavy atom. The molecule has 19 heavy (non-hydrogen) atoms. The summed E-state index contributed by atoms with van der Waals surface area (Å²) in [5, 5.41) is 3.18. The van der Waals surface area contributed by atoms with Crippen molar-refractivity contribution in [1.29, 1.82) is 0 Å². The third-order valence-corrected chi connectivity index (χ3v) is 4.71. The molecule has 2 N–H and O–H groups in total. The molecule has 0 aliphatic heterocycles. The predicted octanol–water partition coefficient (Wildman–Crippen LogP) is 1.95. The van der Waals surface area contributed by atoms with Crippen molar-refractivity contribution in [3.8, 4) is 5.75 Å². The molecule has 0 spiro atoms. The number of benzene rings is 1. The molecule has 1 aliphatic rings. The van der Waals surface area contributed by atoms with Gasteiger partial charge in [-0.2, -0.15) is 0 Å². The summed E-state index contributed by atoms with van der Waals surface area (Å²) in [4.78, 5) is 0. The van der Waals surface area contributed by atoms with Gasteiger partial charge in [-0.05, 0) is 47.0 Å². The van der Waals surface area contributed by atoms with E-state index >= 15 is 0 Å². The van der Waals surface area contributed by atoms with Gasteiger partial charge in [0.1, 0.15) is 5.75 Å². The molecule has 1 aromatic rings. The highest BCUT2D eigenvalue weighted by Crippen LogP contribution is 2.28. The van der Waals surface area contributed by atoms with E-state index in [1.54, 1.807) is 25.3 Å². The summed E-state index contributed by atoms with van der Waals surface area (Å²) in [7, 11) is -1.75. The smallest absolute Gasteiger partial charge is 0.233 e. The molecule has 0 heterocycles. The minimum atomic E-state index is -3.31. The van der Waals surface area contributed by atoms with Gasteiger partial charge in [0.15, 0.2) is 0 Å². The van der Waals surface area contributed by atoms with Gasteiger partial charge in [0.2, 0.25) is 10.0 Å². The number of hydrogen-bond donors (Lipinski definition) is 2. The second-order valence-electron chi connectivity index (χ2n) is 4.50. The molecule has 5 nitrogen and oxygen atoms in total. The first kappa shape index (κ1) is 14.6. The Bertz CT molecular complexity index is 544. The molecule has 106 valence electrons. The molecule has 0 aromatic heterocycles. The highest BCUT2D eigenvalue weighted by Gasteiger charge is 2.21. The van der Waals surface area contributed by atoms with Crippen molar-refractivity contribution in [2.75, 3.05) is 24.1 Å². The quantitative estimate of drug-likeness (QED) is 0.790. The van der Waals surface area contributed by atoms with Crippen LogP contribution in [0.3, 0.4) is 0 Å². The fraction of sp³-hybridized carbons (Fsp3) is 0.500. The Hall–Kier alpha value is -0.790. The summed E-state index contributed by atoms with van der Waals surface area (Å²) in [6.45, 7) is 0.483. The molecule has 0 bridgehead atoms. The normalized spacial score (nSPS) is 15.3. The maximum atomic E-state index is 11.9. The maximum absolute atomic E-state index is 11.9. The zero-order valence-electron chi connectivity index (χ0n) is 10.6. The van der Waals surface area contributed by atoms with Gasteiger partial charge < -0.3 is 10.1 Å². The molecule has 0 atom stereocenters. The number of sulfonamides is 1. The van der Waals surface area contributed by atoms with E-state index in [2.05, 4.69) is 26.0 Å². The lowest BCUT2D eigenvalue weighted by Crippen LogP contribution is -2.27. The van der Waals surface area contributed by atoms with Crippen LogP contribution in [-0.4, -0.2) is 33.9 Å². The van der Waals surface area contributed by atoms with E-state index in [1.807, 2.05) is 0 Å². The highest BCUT2D eigenvalue weighted by atomic mass is 79.9. The van der Waals surface area contributed by atoms with Crippen LogP contribution in [0.2, 0.25) is 0 Å². The largest absolute Gasteiger partial charge is 0.496 e. The van der Waals surface area contributed by atoms with Crippen LogP contribution in [0.5, 0.6) is 5.75 Å². The van der Waals surface area contributed by atoms with Crippen molar-refractivity contribution in [2.24, 2.45) is 0 Å². The van der Waals surface area contributed by atoms with E-state index in [0.717, 1.165) is 12.8 Å². The van der Waals surface area contributed by atoms with Crippen LogP contribution in [0.15, 0.2) is 22.7 Å². The number of rotatable bonds is 7. The minimum absolute atomic E-state index is 0.0765. The second kappa shape index (κ2) is 6.11. The zero-order chi connectivity index (χ0) is 13.9. The van der Waals surface area contributed by atoms with Gasteiger partial charge >= 0.3 is 0 Å². The van der Waals surface area contributed by atoms with Crippen molar-refractivity contribution >= 4 is 31.6 Å². The molecule has 0 unspecified atom stereocenters. The van der Waals surface area contributed by atoms with Crippen LogP contribution in [-0.2, 0) is 10.0 Å². The summed E-state index contributed by atoms with van der Waals surface area (Å²) in [6, 6.07) is 5.59. The maximum Gasteiger partial charge on any atom is 0.233 e. The third-order valence-electron chi connectivity index (χ3n) is 2.81. The average Bonchev–Trinajstić information content (AvgIpc) is 3.12. The molecular weight excluding hydrogens is 332 g/mol. The third kappa shape index (κ3) is 4.67. The van der Waals surface area contributed by atoms with Gasteiger partial charge in [0, 0.05) is 18.3 Å². The fourth-order valence-corrected chi connectivity index (χ4v) is 3.16. The van der Waals surface area contributed by atoms with E-state index in [9.17, 15) is 8.42 Å². The molecule has 1 fully saturated rings. The monoisotopic (exact) mass is 348 g/mol. The lowest BCUT2D eigenvalue weighted by Gasteiger charge is -2.10. The Balaban J connectivity index is 1.92. The van der Waals surface area contributed by atoms with E-state index in [4.69, 9.17) is 4.74 Å². The highest BCUT2D eigenvalue weighted by molar-refractivity contribution is 9.10. The van der Waals surface area contributed by atoms with Crippen molar-refractivity contribution in [1.82, 2.24) is 5.32 Å². The minimum Gasteiger partial charge on any atom is -0.496 e. The zero-order valence-corrected chi connectivity index (χ0v) is 13.1. The number of methoxy groups -OCH3 is 1. The molecular formula is C12H17BrN2O3S. The van der Waals surface area contributed by atoms with Gasteiger partial charge in [0.25, 0.3) is 0 Å². The van der Waals surface area contributed by atoms with Crippen molar-refractivity contribution in [2.45, 2.75) is 18.9 Å². The van der Waals surface area contributed by atoms with Crippen LogP contribution in [0, 0.1) is 0 Å². The number of nitrogens with one attached hydrogen (secondary N) is 2. The first-order valence-electron chi connectivity index (χ1n) is 6.07. The van der Waals surface area contributed by atoms with Crippen molar-refractivity contribution in [3.63, 3.8) is 0 Å². The molecule has 1 aliphatic carbocycles. The number of halogens is 1. The molecule has 7 heteroatoms. The van der Waals surface area contributed by atoms with Gasteiger partial charge in [-0.1, -0.05) is 0 Å².